The topological polar surface area (TPSA) is 47.0 Å². The first kappa shape index (κ1) is 11.7. The molecular formula is C8H10F3N3O. The third-order valence-electron chi connectivity index (χ3n) is 1.47. The minimum absolute atomic E-state index is 0.0216. The molecule has 0 bridgehead atoms. The molecule has 1 N–H and O–H groups in total. The Balaban J connectivity index is 2.67. The van der Waals surface area contributed by atoms with Gasteiger partial charge in [0.05, 0.1) is 6.20 Å². The SMILES string of the molecule is CCO[C@H](Nc1cnccn1)C(F)(F)F. The van der Waals surface area contributed by atoms with Crippen molar-refractivity contribution in [2.75, 3.05) is 11.9 Å². The summed E-state index contributed by atoms with van der Waals surface area (Å²) in [5.74, 6) is 0.0216. The van der Waals surface area contributed by atoms with Crippen molar-refractivity contribution in [2.45, 2.75) is 19.3 Å². The van der Waals surface area contributed by atoms with Crippen molar-refractivity contribution < 1.29 is 17.9 Å². The van der Waals surface area contributed by atoms with Crippen LogP contribution in [0.3, 0.4) is 0 Å². The molecule has 0 aromatic carbocycles. The molecule has 0 aliphatic carbocycles. The minimum Gasteiger partial charge on any atom is -0.350 e. The third-order valence-corrected chi connectivity index (χ3v) is 1.47. The molecule has 1 rings (SSSR count). The summed E-state index contributed by atoms with van der Waals surface area (Å²) in [7, 11) is 0. The molecule has 7 heteroatoms. The molecule has 0 fully saturated rings. The fraction of sp³-hybridized carbons (Fsp3) is 0.500. The van der Waals surface area contributed by atoms with E-state index < -0.39 is 12.4 Å². The summed E-state index contributed by atoms with van der Waals surface area (Å²) >= 11 is 0. The highest BCUT2D eigenvalue weighted by molar-refractivity contribution is 5.30. The maximum atomic E-state index is 12.4. The fourth-order valence-electron chi connectivity index (χ4n) is 0.893. The highest BCUT2D eigenvalue weighted by Crippen LogP contribution is 2.23. The lowest BCUT2D eigenvalue weighted by Gasteiger charge is -2.21. The van der Waals surface area contributed by atoms with Crippen LogP contribution in [0.15, 0.2) is 18.6 Å². The zero-order valence-electron chi connectivity index (χ0n) is 7.95. The molecule has 84 valence electrons. The van der Waals surface area contributed by atoms with E-state index in [0.29, 0.717) is 0 Å². The quantitative estimate of drug-likeness (QED) is 0.788. The molecule has 0 radical (unpaired) electrons. The Kier molecular flexibility index (Phi) is 3.84. The average Bonchev–Trinajstić information content (AvgIpc) is 2.17. The number of alkyl halides is 3. The Hall–Kier alpha value is -1.37. The second kappa shape index (κ2) is 4.92. The van der Waals surface area contributed by atoms with E-state index in [1.807, 2.05) is 0 Å². The second-order valence-electron chi connectivity index (χ2n) is 2.61. The molecule has 1 heterocycles. The number of nitrogens with one attached hydrogen (secondary N) is 1. The summed E-state index contributed by atoms with van der Waals surface area (Å²) in [5.41, 5.74) is 0. The van der Waals surface area contributed by atoms with Crippen molar-refractivity contribution in [3.8, 4) is 0 Å². The van der Waals surface area contributed by atoms with Gasteiger partial charge in [0, 0.05) is 19.0 Å². The molecule has 0 aliphatic heterocycles. The Morgan fingerprint density at radius 3 is 2.67 bits per heavy atom. The lowest BCUT2D eigenvalue weighted by atomic mass is 10.5. The van der Waals surface area contributed by atoms with Crippen LogP contribution in [-0.4, -0.2) is 29.0 Å². The van der Waals surface area contributed by atoms with Gasteiger partial charge in [-0.15, -0.1) is 0 Å². The summed E-state index contributed by atoms with van der Waals surface area (Å²) in [4.78, 5) is 7.29. The molecule has 4 nitrogen and oxygen atoms in total. The molecule has 0 amide bonds. The maximum absolute atomic E-state index is 12.4. The molecule has 1 aromatic heterocycles. The number of rotatable bonds is 4. The van der Waals surface area contributed by atoms with Gasteiger partial charge in [-0.3, -0.25) is 4.98 Å². The third kappa shape index (κ3) is 3.70. The van der Waals surface area contributed by atoms with E-state index in [0.717, 1.165) is 0 Å². The van der Waals surface area contributed by atoms with E-state index >= 15 is 0 Å². The van der Waals surface area contributed by atoms with Gasteiger partial charge in [0.1, 0.15) is 5.82 Å². The van der Waals surface area contributed by atoms with Crippen LogP contribution >= 0.6 is 0 Å². The summed E-state index contributed by atoms with van der Waals surface area (Å²) in [5, 5.41) is 2.10. The van der Waals surface area contributed by atoms with Crippen molar-refractivity contribution in [3.05, 3.63) is 18.6 Å². The monoisotopic (exact) mass is 221 g/mol. The smallest absolute Gasteiger partial charge is 0.350 e. The van der Waals surface area contributed by atoms with Crippen LogP contribution in [0, 0.1) is 0 Å². The van der Waals surface area contributed by atoms with Crippen LogP contribution in [0.5, 0.6) is 0 Å². The molecule has 0 saturated heterocycles. The van der Waals surface area contributed by atoms with Gasteiger partial charge in [-0.2, -0.15) is 13.2 Å². The zero-order chi connectivity index (χ0) is 11.3. The van der Waals surface area contributed by atoms with E-state index in [2.05, 4.69) is 20.0 Å². The van der Waals surface area contributed by atoms with Gasteiger partial charge < -0.3 is 10.1 Å². The van der Waals surface area contributed by atoms with Crippen LogP contribution in [0.25, 0.3) is 0 Å². The van der Waals surface area contributed by atoms with E-state index in [4.69, 9.17) is 0 Å². The van der Waals surface area contributed by atoms with Crippen molar-refractivity contribution in [3.63, 3.8) is 0 Å². The first-order chi connectivity index (χ1) is 7.04. The van der Waals surface area contributed by atoms with Crippen molar-refractivity contribution >= 4 is 5.82 Å². The molecule has 1 aromatic rings. The number of ether oxygens (including phenoxy) is 1. The van der Waals surface area contributed by atoms with Crippen LogP contribution in [0.2, 0.25) is 0 Å². The number of nitrogens with zero attached hydrogens (tertiary/aromatic N) is 2. The maximum Gasteiger partial charge on any atom is 0.433 e. The summed E-state index contributed by atoms with van der Waals surface area (Å²) in [6, 6.07) is 0. The first-order valence-electron chi connectivity index (χ1n) is 4.25. The first-order valence-corrected chi connectivity index (χ1v) is 4.25. The van der Waals surface area contributed by atoms with Crippen molar-refractivity contribution in [2.24, 2.45) is 0 Å². The van der Waals surface area contributed by atoms with E-state index in [9.17, 15) is 13.2 Å². The predicted octanol–water partition coefficient (Wildman–Crippen LogP) is 1.81. The van der Waals surface area contributed by atoms with Gasteiger partial charge in [0.25, 0.3) is 0 Å². The lowest BCUT2D eigenvalue weighted by Crippen LogP contribution is -2.39. The molecule has 0 saturated carbocycles. The van der Waals surface area contributed by atoms with Gasteiger partial charge in [-0.1, -0.05) is 0 Å². The summed E-state index contributed by atoms with van der Waals surface area (Å²) < 4.78 is 41.6. The van der Waals surface area contributed by atoms with Crippen LogP contribution in [0.1, 0.15) is 6.92 Å². The van der Waals surface area contributed by atoms with Gasteiger partial charge in [-0.05, 0) is 6.92 Å². The number of aromatic nitrogens is 2. The minimum atomic E-state index is -4.48. The van der Waals surface area contributed by atoms with Crippen LogP contribution in [0.4, 0.5) is 19.0 Å². The Bertz CT molecular complexity index is 291. The van der Waals surface area contributed by atoms with Gasteiger partial charge in [-0.25, -0.2) is 4.98 Å². The van der Waals surface area contributed by atoms with E-state index in [-0.39, 0.29) is 12.4 Å². The van der Waals surface area contributed by atoms with Crippen LogP contribution in [-0.2, 0) is 4.74 Å². The number of hydrogen-bond donors (Lipinski definition) is 1. The molecule has 0 spiro atoms. The molecule has 0 unspecified atom stereocenters. The Morgan fingerprint density at radius 1 is 1.47 bits per heavy atom. The number of hydrogen-bond acceptors (Lipinski definition) is 4. The van der Waals surface area contributed by atoms with Gasteiger partial charge >= 0.3 is 6.18 Å². The Morgan fingerprint density at radius 2 is 2.20 bits per heavy atom. The predicted molar refractivity (Wildman–Crippen MR) is 47.1 cm³/mol. The average molecular weight is 221 g/mol. The van der Waals surface area contributed by atoms with E-state index in [1.54, 1.807) is 0 Å². The highest BCUT2D eigenvalue weighted by atomic mass is 19.4. The van der Waals surface area contributed by atoms with E-state index in [1.165, 1.54) is 25.5 Å². The molecule has 0 aliphatic rings. The second-order valence-corrected chi connectivity index (χ2v) is 2.61. The zero-order valence-corrected chi connectivity index (χ0v) is 7.95. The molecule has 1 atom stereocenters. The molecular weight excluding hydrogens is 211 g/mol. The normalized spacial score (nSPS) is 13.6. The highest BCUT2D eigenvalue weighted by Gasteiger charge is 2.40. The lowest BCUT2D eigenvalue weighted by molar-refractivity contribution is -0.209. The summed E-state index contributed by atoms with van der Waals surface area (Å²) in [6.07, 6.45) is -2.68. The molecule has 15 heavy (non-hydrogen) atoms. The standard InChI is InChI=1S/C8H10F3N3O/c1-2-15-7(8(9,10)11)14-6-5-12-3-4-13-6/h3-5,7H,2H2,1H3,(H,13,14)/t7-/m0/s1. The summed E-state index contributed by atoms with van der Waals surface area (Å²) in [6.45, 7) is 1.44. The van der Waals surface area contributed by atoms with Crippen molar-refractivity contribution in [1.29, 1.82) is 0 Å². The fourth-order valence-corrected chi connectivity index (χ4v) is 0.893. The number of halogens is 3. The number of anilines is 1. The van der Waals surface area contributed by atoms with Crippen molar-refractivity contribution in [1.82, 2.24) is 9.97 Å². The van der Waals surface area contributed by atoms with Gasteiger partial charge in [0.15, 0.2) is 0 Å². The van der Waals surface area contributed by atoms with Crippen LogP contribution < -0.4 is 5.32 Å². The Labute approximate surface area is 84.5 Å². The van der Waals surface area contributed by atoms with Gasteiger partial charge in [0.2, 0.25) is 6.23 Å². The largest absolute Gasteiger partial charge is 0.433 e.